The molecule has 1 aromatic carbocycles. The molecule has 3 heteroatoms. The predicted molar refractivity (Wildman–Crippen MR) is 56.0 cm³/mol. The summed E-state index contributed by atoms with van der Waals surface area (Å²) in [5.41, 5.74) is 2.41. The van der Waals surface area contributed by atoms with Gasteiger partial charge in [0.1, 0.15) is 5.52 Å². The van der Waals surface area contributed by atoms with Crippen LogP contribution in [-0.4, -0.2) is 9.59 Å². The van der Waals surface area contributed by atoms with Gasteiger partial charge in [-0.3, -0.25) is 0 Å². The van der Waals surface area contributed by atoms with Crippen LogP contribution < -0.4 is 0 Å². The molecule has 0 atom stereocenters. The molecule has 0 aliphatic heterocycles. The zero-order valence-electron chi connectivity index (χ0n) is 7.82. The Bertz CT molecular complexity index is 406. The Labute approximate surface area is 81.8 Å². The number of hydrogen-bond donors (Lipinski definition) is 0. The molecule has 0 aliphatic carbocycles. The largest absolute Gasteiger partial charge is 0.138 e. The summed E-state index contributed by atoms with van der Waals surface area (Å²) in [6, 6.07) is 6.30. The first-order valence-corrected chi connectivity index (χ1v) is 5.24. The number of nitrogens with zero attached hydrogens (tertiary/aromatic N) is 2. The van der Waals surface area contributed by atoms with E-state index in [1.165, 1.54) is 21.8 Å². The van der Waals surface area contributed by atoms with Crippen molar-refractivity contribution in [3.63, 3.8) is 0 Å². The highest BCUT2D eigenvalue weighted by atomic mass is 32.1. The van der Waals surface area contributed by atoms with E-state index < -0.39 is 0 Å². The van der Waals surface area contributed by atoms with Crippen LogP contribution in [0.1, 0.15) is 19.4 Å². The van der Waals surface area contributed by atoms with Crippen LogP contribution in [0.4, 0.5) is 0 Å². The molecule has 2 rings (SSSR count). The maximum atomic E-state index is 4.14. The lowest BCUT2D eigenvalue weighted by Crippen LogP contribution is -1.94. The lowest BCUT2D eigenvalue weighted by molar-refractivity contribution is 0.649. The van der Waals surface area contributed by atoms with E-state index in [1.807, 2.05) is 0 Å². The van der Waals surface area contributed by atoms with Gasteiger partial charge in [0, 0.05) is 0 Å². The quantitative estimate of drug-likeness (QED) is 0.731. The molecule has 68 valence electrons. The molecule has 0 unspecified atom stereocenters. The Morgan fingerprint density at radius 2 is 2.23 bits per heavy atom. The molecule has 0 saturated carbocycles. The minimum atomic E-state index is 0.673. The van der Waals surface area contributed by atoms with E-state index in [2.05, 4.69) is 41.6 Å². The Hall–Kier alpha value is -0.960. The molecule has 0 aliphatic rings. The molecular weight excluding hydrogens is 180 g/mol. The van der Waals surface area contributed by atoms with E-state index in [0.29, 0.717) is 5.92 Å². The molecule has 2 nitrogen and oxygen atoms in total. The van der Waals surface area contributed by atoms with Gasteiger partial charge in [-0.25, -0.2) is 0 Å². The highest BCUT2D eigenvalue weighted by molar-refractivity contribution is 7.12. The van der Waals surface area contributed by atoms with Crippen molar-refractivity contribution in [2.75, 3.05) is 0 Å². The number of fused-ring (bicyclic) bond motifs is 1. The monoisotopic (exact) mass is 192 g/mol. The third kappa shape index (κ3) is 1.70. The number of aromatic nitrogens is 2. The van der Waals surface area contributed by atoms with E-state index >= 15 is 0 Å². The molecule has 1 heterocycles. The molecule has 0 N–H and O–H groups in total. The van der Waals surface area contributed by atoms with Gasteiger partial charge in [-0.15, -0.1) is 5.10 Å². The fourth-order valence-electron chi connectivity index (χ4n) is 1.46. The van der Waals surface area contributed by atoms with Crippen molar-refractivity contribution in [1.29, 1.82) is 0 Å². The summed E-state index contributed by atoms with van der Waals surface area (Å²) < 4.78 is 5.15. The molecule has 1 aromatic heterocycles. The van der Waals surface area contributed by atoms with E-state index in [4.69, 9.17) is 0 Å². The average molecular weight is 192 g/mol. The molecular formula is C10H12N2S. The molecule has 2 aromatic rings. The lowest BCUT2D eigenvalue weighted by Gasteiger charge is -2.04. The Balaban J connectivity index is 2.48. The normalized spacial score (nSPS) is 11.3. The molecule has 13 heavy (non-hydrogen) atoms. The van der Waals surface area contributed by atoms with E-state index in [1.54, 1.807) is 0 Å². The second-order valence-corrected chi connectivity index (χ2v) is 4.42. The van der Waals surface area contributed by atoms with Gasteiger partial charge in [-0.1, -0.05) is 30.5 Å². The molecule has 0 fully saturated rings. The van der Waals surface area contributed by atoms with Crippen molar-refractivity contribution in [1.82, 2.24) is 9.59 Å². The second kappa shape index (κ2) is 3.42. The average Bonchev–Trinajstić information content (AvgIpc) is 2.51. The molecule has 0 radical (unpaired) electrons. The summed E-state index contributed by atoms with van der Waals surface area (Å²) >= 11 is 1.47. The fraction of sp³-hybridized carbons (Fsp3) is 0.400. The first-order valence-electron chi connectivity index (χ1n) is 4.47. The summed E-state index contributed by atoms with van der Waals surface area (Å²) in [5, 5.41) is 4.14. The van der Waals surface area contributed by atoms with Gasteiger partial charge in [0.05, 0.1) is 4.70 Å². The second-order valence-electron chi connectivity index (χ2n) is 3.63. The summed E-state index contributed by atoms with van der Waals surface area (Å²) in [5.74, 6) is 0.673. The first-order chi connectivity index (χ1) is 6.27. The number of hydrogen-bond acceptors (Lipinski definition) is 3. The topological polar surface area (TPSA) is 25.8 Å². The van der Waals surface area contributed by atoms with Crippen LogP contribution in [0.25, 0.3) is 10.2 Å². The standard InChI is InChI=1S/C10H12N2S/c1-7(2)6-8-4-3-5-9-10(8)11-12-13-9/h3-5,7H,6H2,1-2H3. The maximum Gasteiger partial charge on any atom is 0.109 e. The van der Waals surface area contributed by atoms with Gasteiger partial charge in [0.25, 0.3) is 0 Å². The Kier molecular flexibility index (Phi) is 2.27. The smallest absolute Gasteiger partial charge is 0.109 e. The van der Waals surface area contributed by atoms with Crippen LogP contribution in [0.2, 0.25) is 0 Å². The van der Waals surface area contributed by atoms with Crippen molar-refractivity contribution >= 4 is 21.7 Å². The van der Waals surface area contributed by atoms with Crippen LogP contribution in [0.15, 0.2) is 18.2 Å². The van der Waals surface area contributed by atoms with Crippen molar-refractivity contribution in [2.45, 2.75) is 20.3 Å². The molecule has 0 spiro atoms. The van der Waals surface area contributed by atoms with E-state index in [0.717, 1.165) is 11.9 Å². The zero-order chi connectivity index (χ0) is 9.26. The summed E-state index contributed by atoms with van der Waals surface area (Å²) in [6.07, 6.45) is 1.09. The Morgan fingerprint density at radius 3 is 3.00 bits per heavy atom. The third-order valence-corrected chi connectivity index (χ3v) is 2.68. The fourth-order valence-corrected chi connectivity index (χ4v) is 2.07. The minimum absolute atomic E-state index is 0.673. The SMILES string of the molecule is CC(C)Cc1cccc2snnc12. The molecule has 0 bridgehead atoms. The van der Waals surface area contributed by atoms with Gasteiger partial charge >= 0.3 is 0 Å². The van der Waals surface area contributed by atoms with Gasteiger partial charge in [-0.2, -0.15) is 0 Å². The summed E-state index contributed by atoms with van der Waals surface area (Å²) in [4.78, 5) is 0. The molecule has 0 amide bonds. The van der Waals surface area contributed by atoms with Gasteiger partial charge in [0.2, 0.25) is 0 Å². The summed E-state index contributed by atoms with van der Waals surface area (Å²) in [6.45, 7) is 4.44. The highest BCUT2D eigenvalue weighted by Gasteiger charge is 2.05. The van der Waals surface area contributed by atoms with Crippen molar-refractivity contribution in [2.24, 2.45) is 5.92 Å². The van der Waals surface area contributed by atoms with Crippen LogP contribution in [0.5, 0.6) is 0 Å². The van der Waals surface area contributed by atoms with Crippen molar-refractivity contribution < 1.29 is 0 Å². The lowest BCUT2D eigenvalue weighted by atomic mass is 10.0. The van der Waals surface area contributed by atoms with E-state index in [9.17, 15) is 0 Å². The first kappa shape index (κ1) is 8.63. The van der Waals surface area contributed by atoms with Crippen LogP contribution in [0, 0.1) is 5.92 Å². The molecule has 0 saturated heterocycles. The maximum absolute atomic E-state index is 4.14. The van der Waals surface area contributed by atoms with Gasteiger partial charge < -0.3 is 0 Å². The van der Waals surface area contributed by atoms with Crippen LogP contribution >= 0.6 is 11.5 Å². The van der Waals surface area contributed by atoms with Gasteiger partial charge in [-0.05, 0) is 35.5 Å². The predicted octanol–water partition coefficient (Wildman–Crippen LogP) is 2.89. The minimum Gasteiger partial charge on any atom is -0.138 e. The highest BCUT2D eigenvalue weighted by Crippen LogP contribution is 2.21. The number of rotatable bonds is 2. The Morgan fingerprint density at radius 1 is 1.38 bits per heavy atom. The zero-order valence-corrected chi connectivity index (χ0v) is 8.64. The van der Waals surface area contributed by atoms with Crippen LogP contribution in [-0.2, 0) is 6.42 Å². The van der Waals surface area contributed by atoms with Crippen molar-refractivity contribution in [3.05, 3.63) is 23.8 Å². The third-order valence-electron chi connectivity index (χ3n) is 1.99. The summed E-state index contributed by atoms with van der Waals surface area (Å²) in [7, 11) is 0. The number of benzene rings is 1. The van der Waals surface area contributed by atoms with Gasteiger partial charge in [0.15, 0.2) is 0 Å². The van der Waals surface area contributed by atoms with E-state index in [-0.39, 0.29) is 0 Å². The van der Waals surface area contributed by atoms with Crippen LogP contribution in [0.3, 0.4) is 0 Å². The van der Waals surface area contributed by atoms with Crippen molar-refractivity contribution in [3.8, 4) is 0 Å².